The van der Waals surface area contributed by atoms with E-state index >= 15 is 0 Å². The van der Waals surface area contributed by atoms with Gasteiger partial charge in [0.05, 0.1) is 16.9 Å². The van der Waals surface area contributed by atoms with Crippen LogP contribution < -0.4 is 11.1 Å². The van der Waals surface area contributed by atoms with Crippen LogP contribution in [0.3, 0.4) is 0 Å². The molecule has 0 fully saturated rings. The van der Waals surface area contributed by atoms with E-state index in [-0.39, 0.29) is 10.7 Å². The number of nitrogens with zero attached hydrogens (tertiary/aromatic N) is 2. The molecule has 1 rings (SSSR count). The van der Waals surface area contributed by atoms with Crippen molar-refractivity contribution in [1.29, 1.82) is 0 Å². The van der Waals surface area contributed by atoms with Crippen LogP contribution in [-0.4, -0.2) is 38.8 Å². The molecular weight excluding hydrogens is 308 g/mol. The van der Waals surface area contributed by atoms with Crippen molar-refractivity contribution < 1.29 is 24.4 Å². The standard InChI is InChI=1S/C10H9ClN4O6/c11-8-5(1-4(3-13-8)15(20)21)9(17)14-6(10(18)19)2-7(12)16/h1,3,6H,2H2,(H2,12,16)(H,14,17)(H,18,19). The Hall–Kier alpha value is -2.75. The van der Waals surface area contributed by atoms with Crippen LogP contribution in [0.1, 0.15) is 16.8 Å². The first kappa shape index (κ1) is 16.3. The molecule has 0 spiro atoms. The van der Waals surface area contributed by atoms with E-state index in [4.69, 9.17) is 22.4 Å². The number of primary amides is 1. The largest absolute Gasteiger partial charge is 0.480 e. The Kier molecular flexibility index (Phi) is 5.13. The first-order valence-electron chi connectivity index (χ1n) is 5.34. The molecule has 1 unspecified atom stereocenters. The summed E-state index contributed by atoms with van der Waals surface area (Å²) in [5.41, 5.74) is 3.98. The average molecular weight is 317 g/mol. The predicted molar refractivity (Wildman–Crippen MR) is 68.6 cm³/mol. The second-order valence-corrected chi connectivity index (χ2v) is 4.18. The summed E-state index contributed by atoms with van der Waals surface area (Å²) in [5, 5.41) is 21.1. The Labute approximate surface area is 122 Å². The summed E-state index contributed by atoms with van der Waals surface area (Å²) in [6.07, 6.45) is 0.207. The Morgan fingerprint density at radius 3 is 2.62 bits per heavy atom. The van der Waals surface area contributed by atoms with Gasteiger partial charge in [-0.15, -0.1) is 0 Å². The minimum Gasteiger partial charge on any atom is -0.480 e. The third kappa shape index (κ3) is 4.38. The minimum absolute atomic E-state index is 0.346. The lowest BCUT2D eigenvalue weighted by atomic mass is 10.1. The molecule has 0 bridgehead atoms. The van der Waals surface area contributed by atoms with Gasteiger partial charge in [0.2, 0.25) is 5.91 Å². The molecule has 21 heavy (non-hydrogen) atoms. The number of nitrogens with one attached hydrogen (secondary N) is 1. The van der Waals surface area contributed by atoms with Gasteiger partial charge in [-0.3, -0.25) is 19.7 Å². The zero-order valence-electron chi connectivity index (χ0n) is 10.3. The van der Waals surface area contributed by atoms with Crippen LogP contribution in [0.25, 0.3) is 0 Å². The number of carboxylic acid groups (broad SMARTS) is 1. The summed E-state index contributed by atoms with van der Waals surface area (Å²) >= 11 is 5.63. The van der Waals surface area contributed by atoms with Crippen LogP contribution in [0.4, 0.5) is 5.69 Å². The van der Waals surface area contributed by atoms with Gasteiger partial charge in [0.1, 0.15) is 17.4 Å². The minimum atomic E-state index is -1.58. The number of carbonyl (C=O) groups is 3. The number of halogens is 1. The summed E-state index contributed by atoms with van der Waals surface area (Å²) in [6.45, 7) is 0. The molecule has 0 saturated heterocycles. The third-order valence-electron chi connectivity index (χ3n) is 2.29. The Balaban J connectivity index is 3.02. The first-order chi connectivity index (χ1) is 9.72. The third-order valence-corrected chi connectivity index (χ3v) is 2.59. The van der Waals surface area contributed by atoms with Crippen LogP contribution in [0, 0.1) is 10.1 Å². The molecule has 0 saturated carbocycles. The van der Waals surface area contributed by atoms with Crippen molar-refractivity contribution in [1.82, 2.24) is 10.3 Å². The van der Waals surface area contributed by atoms with E-state index in [0.717, 1.165) is 12.3 Å². The number of nitrogens with two attached hydrogens (primary N) is 1. The molecule has 10 nitrogen and oxygen atoms in total. The van der Waals surface area contributed by atoms with E-state index in [0.29, 0.717) is 0 Å². The highest BCUT2D eigenvalue weighted by molar-refractivity contribution is 6.32. The van der Waals surface area contributed by atoms with Gasteiger partial charge in [-0.1, -0.05) is 11.6 Å². The Bertz CT molecular complexity index is 620. The zero-order chi connectivity index (χ0) is 16.2. The monoisotopic (exact) mass is 316 g/mol. The molecule has 112 valence electrons. The second kappa shape index (κ2) is 6.61. The number of amides is 2. The number of carbonyl (C=O) groups excluding carboxylic acids is 2. The van der Waals surface area contributed by atoms with Crippen LogP contribution in [0.5, 0.6) is 0 Å². The van der Waals surface area contributed by atoms with E-state index in [1.165, 1.54) is 0 Å². The van der Waals surface area contributed by atoms with Gasteiger partial charge in [-0.25, -0.2) is 9.78 Å². The number of aliphatic carboxylic acids is 1. The van der Waals surface area contributed by atoms with Gasteiger partial charge in [0, 0.05) is 6.07 Å². The van der Waals surface area contributed by atoms with Crippen LogP contribution in [0.2, 0.25) is 5.15 Å². The molecule has 1 heterocycles. The number of hydrogen-bond acceptors (Lipinski definition) is 6. The lowest BCUT2D eigenvalue weighted by Crippen LogP contribution is -2.43. The van der Waals surface area contributed by atoms with Crippen molar-refractivity contribution in [3.63, 3.8) is 0 Å². The number of nitro groups is 1. The molecule has 2 amide bonds. The number of hydrogen-bond donors (Lipinski definition) is 3. The Morgan fingerprint density at radius 1 is 1.52 bits per heavy atom. The normalized spacial score (nSPS) is 11.5. The maximum atomic E-state index is 11.9. The van der Waals surface area contributed by atoms with Crippen LogP contribution in [-0.2, 0) is 9.59 Å². The van der Waals surface area contributed by atoms with Gasteiger partial charge in [0.25, 0.3) is 11.6 Å². The van der Waals surface area contributed by atoms with Crippen LogP contribution in [0.15, 0.2) is 12.3 Å². The Morgan fingerprint density at radius 2 is 2.14 bits per heavy atom. The summed E-state index contributed by atoms with van der Waals surface area (Å²) in [5.74, 6) is -3.45. The molecule has 11 heteroatoms. The van der Waals surface area contributed by atoms with Crippen molar-refractivity contribution in [2.75, 3.05) is 0 Å². The molecule has 4 N–H and O–H groups in total. The molecule has 0 aliphatic heterocycles. The number of aromatic nitrogens is 1. The van der Waals surface area contributed by atoms with Crippen molar-refractivity contribution >= 4 is 35.1 Å². The van der Waals surface area contributed by atoms with Crippen molar-refractivity contribution in [3.05, 3.63) is 33.1 Å². The van der Waals surface area contributed by atoms with E-state index < -0.39 is 40.9 Å². The molecule has 0 aliphatic carbocycles. The van der Waals surface area contributed by atoms with E-state index in [9.17, 15) is 24.5 Å². The van der Waals surface area contributed by atoms with Gasteiger partial charge in [-0.2, -0.15) is 0 Å². The highest BCUT2D eigenvalue weighted by Gasteiger charge is 2.25. The molecular formula is C10H9ClN4O6. The lowest BCUT2D eigenvalue weighted by molar-refractivity contribution is -0.385. The van der Waals surface area contributed by atoms with Crippen molar-refractivity contribution in [2.24, 2.45) is 5.73 Å². The maximum Gasteiger partial charge on any atom is 0.326 e. The number of pyridine rings is 1. The topological polar surface area (TPSA) is 166 Å². The smallest absolute Gasteiger partial charge is 0.326 e. The van der Waals surface area contributed by atoms with Crippen molar-refractivity contribution in [3.8, 4) is 0 Å². The zero-order valence-corrected chi connectivity index (χ0v) is 11.0. The summed E-state index contributed by atoms with van der Waals surface area (Å²) in [6, 6.07) is -0.737. The highest BCUT2D eigenvalue weighted by Crippen LogP contribution is 2.19. The number of carboxylic acids is 1. The highest BCUT2D eigenvalue weighted by atomic mass is 35.5. The summed E-state index contributed by atoms with van der Waals surface area (Å²) in [4.78, 5) is 46.7. The fraction of sp³-hybridized carbons (Fsp3) is 0.200. The maximum absolute atomic E-state index is 11.9. The first-order valence-corrected chi connectivity index (χ1v) is 5.72. The lowest BCUT2D eigenvalue weighted by Gasteiger charge is -2.13. The molecule has 0 aromatic carbocycles. The van der Waals surface area contributed by atoms with E-state index in [1.807, 2.05) is 5.32 Å². The van der Waals surface area contributed by atoms with Gasteiger partial charge in [-0.05, 0) is 0 Å². The molecule has 0 aliphatic rings. The van der Waals surface area contributed by atoms with Crippen LogP contribution >= 0.6 is 11.6 Å². The van der Waals surface area contributed by atoms with E-state index in [1.54, 1.807) is 0 Å². The fourth-order valence-electron chi connectivity index (χ4n) is 1.33. The SMILES string of the molecule is NC(=O)CC(NC(=O)c1cc([N+](=O)[O-])cnc1Cl)C(=O)O. The van der Waals surface area contributed by atoms with E-state index in [2.05, 4.69) is 4.98 Å². The predicted octanol–water partition coefficient (Wildman–Crippen LogP) is -0.298. The van der Waals surface area contributed by atoms with Crippen molar-refractivity contribution in [2.45, 2.75) is 12.5 Å². The van der Waals surface area contributed by atoms with Gasteiger partial charge < -0.3 is 16.2 Å². The average Bonchev–Trinajstić information content (AvgIpc) is 2.37. The summed E-state index contributed by atoms with van der Waals surface area (Å²) in [7, 11) is 0. The molecule has 1 atom stereocenters. The van der Waals surface area contributed by atoms with Gasteiger partial charge >= 0.3 is 5.97 Å². The quantitative estimate of drug-likeness (QED) is 0.368. The summed E-state index contributed by atoms with van der Waals surface area (Å²) < 4.78 is 0. The fourth-order valence-corrected chi connectivity index (χ4v) is 1.52. The second-order valence-electron chi connectivity index (χ2n) is 3.82. The number of rotatable bonds is 6. The molecule has 1 aromatic heterocycles. The molecule has 1 aromatic rings. The van der Waals surface area contributed by atoms with Gasteiger partial charge in [0.15, 0.2) is 0 Å². The molecule has 0 radical (unpaired) electrons.